The van der Waals surface area contributed by atoms with E-state index in [1.807, 2.05) is 42.4 Å². The first-order valence-electron chi connectivity index (χ1n) is 12.8. The number of benzene rings is 2. The van der Waals surface area contributed by atoms with Gasteiger partial charge < -0.3 is 14.6 Å². The van der Waals surface area contributed by atoms with Crippen LogP contribution in [0, 0.1) is 0 Å². The van der Waals surface area contributed by atoms with Gasteiger partial charge in [0, 0.05) is 35.5 Å². The van der Waals surface area contributed by atoms with Crippen molar-refractivity contribution < 1.29 is 4.74 Å². The van der Waals surface area contributed by atoms with Crippen molar-refractivity contribution in [2.24, 2.45) is 0 Å². The molecule has 0 radical (unpaired) electrons. The molecule has 0 unspecified atom stereocenters. The van der Waals surface area contributed by atoms with Gasteiger partial charge >= 0.3 is 0 Å². The molecule has 0 saturated carbocycles. The molecule has 6 heteroatoms. The molecule has 0 aliphatic heterocycles. The van der Waals surface area contributed by atoms with Crippen molar-refractivity contribution in [3.05, 3.63) is 66.7 Å². The highest BCUT2D eigenvalue weighted by molar-refractivity contribution is 7.98. The van der Waals surface area contributed by atoms with Crippen LogP contribution < -0.4 is 4.74 Å². The number of imidazole rings is 1. The molecular formula is C30H38N4OS. The third-order valence-electron chi connectivity index (χ3n) is 6.62. The molecule has 2 heterocycles. The number of methoxy groups -OCH3 is 1. The van der Waals surface area contributed by atoms with E-state index in [1.165, 1.54) is 17.6 Å². The highest BCUT2D eigenvalue weighted by Crippen LogP contribution is 2.35. The number of rotatable bonds is 12. The molecule has 0 saturated heterocycles. The molecule has 0 aliphatic carbocycles. The second-order valence-electron chi connectivity index (χ2n) is 9.98. The third-order valence-corrected chi connectivity index (χ3v) is 7.31. The average Bonchev–Trinajstić information content (AvgIpc) is 3.35. The number of aromatic nitrogens is 3. The zero-order chi connectivity index (χ0) is 25.5. The average molecular weight is 503 g/mol. The van der Waals surface area contributed by atoms with Gasteiger partial charge in [-0.2, -0.15) is 11.8 Å². The smallest absolute Gasteiger partial charge is 0.119 e. The van der Waals surface area contributed by atoms with Crippen LogP contribution in [0.25, 0.3) is 33.3 Å². The number of ether oxygens (including phenoxy) is 1. The van der Waals surface area contributed by atoms with Crippen LogP contribution in [0.2, 0.25) is 0 Å². The van der Waals surface area contributed by atoms with Gasteiger partial charge in [0.05, 0.1) is 18.5 Å². The number of pyridine rings is 1. The molecule has 2 aromatic carbocycles. The van der Waals surface area contributed by atoms with Gasteiger partial charge in [0.25, 0.3) is 0 Å². The van der Waals surface area contributed by atoms with Crippen LogP contribution in [0.15, 0.2) is 60.9 Å². The van der Waals surface area contributed by atoms with E-state index in [-0.39, 0.29) is 5.41 Å². The minimum atomic E-state index is -0.126. The lowest BCUT2D eigenvalue weighted by molar-refractivity contribution is 0.220. The van der Waals surface area contributed by atoms with Crippen molar-refractivity contribution in [3.63, 3.8) is 0 Å². The summed E-state index contributed by atoms with van der Waals surface area (Å²) in [6.07, 6.45) is 8.23. The SMILES string of the molecule is CCCN(CCCSC)CC(C)(C)c1nc(-c2ccc3cc(OC)ccc3c2)c(-c2ccncc2)[nH]1. The van der Waals surface area contributed by atoms with E-state index in [1.54, 1.807) is 7.11 Å². The molecule has 0 aliphatic rings. The molecule has 4 rings (SSSR count). The van der Waals surface area contributed by atoms with Crippen molar-refractivity contribution in [1.82, 2.24) is 19.9 Å². The van der Waals surface area contributed by atoms with Crippen molar-refractivity contribution in [3.8, 4) is 28.3 Å². The Kier molecular flexibility index (Phi) is 8.70. The second kappa shape index (κ2) is 11.9. The predicted molar refractivity (Wildman–Crippen MR) is 154 cm³/mol. The number of fused-ring (bicyclic) bond motifs is 1. The molecule has 0 spiro atoms. The minimum absolute atomic E-state index is 0.126. The molecule has 190 valence electrons. The molecule has 0 amide bonds. The topological polar surface area (TPSA) is 54.0 Å². The van der Waals surface area contributed by atoms with E-state index in [0.717, 1.165) is 65.5 Å². The molecule has 2 aromatic heterocycles. The number of nitrogens with one attached hydrogen (secondary N) is 1. The summed E-state index contributed by atoms with van der Waals surface area (Å²) >= 11 is 1.92. The summed E-state index contributed by atoms with van der Waals surface area (Å²) < 4.78 is 5.41. The van der Waals surface area contributed by atoms with Gasteiger partial charge in [0.1, 0.15) is 11.6 Å². The van der Waals surface area contributed by atoms with E-state index >= 15 is 0 Å². The number of aromatic amines is 1. The Balaban J connectivity index is 1.73. The zero-order valence-electron chi connectivity index (χ0n) is 22.2. The Morgan fingerprint density at radius 1 is 0.972 bits per heavy atom. The van der Waals surface area contributed by atoms with E-state index < -0.39 is 0 Å². The predicted octanol–water partition coefficient (Wildman–Crippen LogP) is 7.04. The Hall–Kier alpha value is -2.83. The second-order valence-corrected chi connectivity index (χ2v) is 11.0. The maximum Gasteiger partial charge on any atom is 0.119 e. The number of hydrogen-bond acceptors (Lipinski definition) is 5. The van der Waals surface area contributed by atoms with Crippen LogP contribution in [0.3, 0.4) is 0 Å². The summed E-state index contributed by atoms with van der Waals surface area (Å²) in [7, 11) is 1.70. The van der Waals surface area contributed by atoms with Gasteiger partial charge in [0.15, 0.2) is 0 Å². The van der Waals surface area contributed by atoms with Crippen LogP contribution >= 0.6 is 11.8 Å². The fourth-order valence-corrected chi connectivity index (χ4v) is 5.20. The van der Waals surface area contributed by atoms with Gasteiger partial charge in [-0.3, -0.25) is 4.98 Å². The molecule has 36 heavy (non-hydrogen) atoms. The summed E-state index contributed by atoms with van der Waals surface area (Å²) in [5.41, 5.74) is 4.08. The van der Waals surface area contributed by atoms with Crippen LogP contribution in [0.5, 0.6) is 5.75 Å². The number of nitrogens with zero attached hydrogens (tertiary/aromatic N) is 3. The van der Waals surface area contributed by atoms with Gasteiger partial charge in [-0.05, 0) is 79.0 Å². The normalized spacial score (nSPS) is 11.9. The number of H-pyrrole nitrogens is 1. The summed E-state index contributed by atoms with van der Waals surface area (Å²) in [4.78, 5) is 15.8. The monoisotopic (exact) mass is 502 g/mol. The van der Waals surface area contributed by atoms with Crippen LogP contribution in [-0.4, -0.2) is 58.6 Å². The maximum absolute atomic E-state index is 5.41. The van der Waals surface area contributed by atoms with Crippen molar-refractivity contribution in [1.29, 1.82) is 0 Å². The Morgan fingerprint density at radius 2 is 1.72 bits per heavy atom. The molecule has 0 fully saturated rings. The standard InChI is InChI=1S/C30H38N4OS/c1-6-16-34(17-7-18-36-5)21-30(2,3)29-32-27(22-12-14-31-15-13-22)28(33-29)25-9-8-24-20-26(35-4)11-10-23(24)19-25/h8-15,19-20H,6-7,16-18,21H2,1-5H3,(H,32,33). The first kappa shape index (κ1) is 26.2. The largest absolute Gasteiger partial charge is 0.497 e. The Morgan fingerprint density at radius 3 is 2.44 bits per heavy atom. The Bertz CT molecular complexity index is 1270. The van der Waals surface area contributed by atoms with Crippen LogP contribution in [0.4, 0.5) is 0 Å². The van der Waals surface area contributed by atoms with E-state index in [2.05, 4.69) is 72.2 Å². The van der Waals surface area contributed by atoms with Crippen LogP contribution in [0.1, 0.15) is 39.4 Å². The zero-order valence-corrected chi connectivity index (χ0v) is 23.0. The quantitative estimate of drug-likeness (QED) is 0.211. The first-order chi connectivity index (χ1) is 17.4. The van der Waals surface area contributed by atoms with Gasteiger partial charge in [-0.15, -0.1) is 0 Å². The van der Waals surface area contributed by atoms with Crippen molar-refractivity contribution in [2.75, 3.05) is 38.8 Å². The maximum atomic E-state index is 5.41. The lowest BCUT2D eigenvalue weighted by atomic mass is 9.91. The highest BCUT2D eigenvalue weighted by atomic mass is 32.2. The highest BCUT2D eigenvalue weighted by Gasteiger charge is 2.29. The fraction of sp³-hybridized carbons (Fsp3) is 0.400. The van der Waals surface area contributed by atoms with Crippen LogP contribution in [-0.2, 0) is 5.41 Å². The van der Waals surface area contributed by atoms with E-state index in [9.17, 15) is 0 Å². The Labute approximate surface area is 219 Å². The lowest BCUT2D eigenvalue weighted by Gasteiger charge is -2.31. The van der Waals surface area contributed by atoms with E-state index in [0.29, 0.717) is 0 Å². The number of thioether (sulfide) groups is 1. The first-order valence-corrected chi connectivity index (χ1v) is 14.1. The van der Waals surface area contributed by atoms with E-state index in [4.69, 9.17) is 9.72 Å². The van der Waals surface area contributed by atoms with Gasteiger partial charge in [0.2, 0.25) is 0 Å². The third kappa shape index (κ3) is 6.11. The fourth-order valence-electron chi connectivity index (χ4n) is 4.78. The molecule has 1 N–H and O–H groups in total. The van der Waals surface area contributed by atoms with Crippen molar-refractivity contribution >= 4 is 22.5 Å². The number of hydrogen-bond donors (Lipinski definition) is 1. The van der Waals surface area contributed by atoms with Gasteiger partial charge in [-0.25, -0.2) is 4.98 Å². The minimum Gasteiger partial charge on any atom is -0.497 e. The van der Waals surface area contributed by atoms with Gasteiger partial charge in [-0.1, -0.05) is 39.0 Å². The molecule has 0 atom stereocenters. The summed E-state index contributed by atoms with van der Waals surface area (Å²) in [6.45, 7) is 10.1. The summed E-state index contributed by atoms with van der Waals surface area (Å²) in [5.74, 6) is 3.08. The molecule has 5 nitrogen and oxygen atoms in total. The molecule has 4 aromatic rings. The lowest BCUT2D eigenvalue weighted by Crippen LogP contribution is -2.39. The molecule has 0 bridgehead atoms. The summed E-state index contributed by atoms with van der Waals surface area (Å²) in [6, 6.07) is 16.8. The summed E-state index contributed by atoms with van der Waals surface area (Å²) in [5, 5.41) is 2.32. The molecular weight excluding hydrogens is 464 g/mol. The van der Waals surface area contributed by atoms with Crippen molar-refractivity contribution in [2.45, 2.75) is 39.0 Å².